The van der Waals surface area contributed by atoms with Crippen molar-refractivity contribution in [3.8, 4) is 5.69 Å². The highest BCUT2D eigenvalue weighted by Crippen LogP contribution is 2.19. The summed E-state index contributed by atoms with van der Waals surface area (Å²) in [6, 6.07) is 20.4. The molecule has 4 rings (SSSR count). The van der Waals surface area contributed by atoms with E-state index in [9.17, 15) is 4.79 Å². The number of halogens is 1. The number of aryl methyl sites for hydroxylation is 1. The first-order valence-corrected chi connectivity index (χ1v) is 11.0. The lowest BCUT2D eigenvalue weighted by molar-refractivity contribution is -0.920. The number of hydrogen-bond donors (Lipinski definition) is 2. The zero-order chi connectivity index (χ0) is 20.1. The van der Waals surface area contributed by atoms with Gasteiger partial charge in [-0.3, -0.25) is 9.89 Å². The van der Waals surface area contributed by atoms with E-state index in [0.717, 1.165) is 36.9 Å². The highest BCUT2D eigenvalue weighted by Gasteiger charge is 2.24. The van der Waals surface area contributed by atoms with E-state index < -0.39 is 0 Å². The Morgan fingerprint density at radius 1 is 1.00 bits per heavy atom. The second-order valence-electron chi connectivity index (χ2n) is 8.13. The lowest BCUT2D eigenvalue weighted by Gasteiger charge is -2.29. The summed E-state index contributed by atoms with van der Waals surface area (Å²) in [6.45, 7) is 3.07. The van der Waals surface area contributed by atoms with Gasteiger partial charge in [0.2, 0.25) is 0 Å². The monoisotopic (exact) mass is 410 g/mol. The number of aromatic amines is 1. The van der Waals surface area contributed by atoms with E-state index in [-0.39, 0.29) is 5.56 Å². The molecule has 2 heterocycles. The van der Waals surface area contributed by atoms with Gasteiger partial charge in [-0.05, 0) is 55.7 Å². The molecule has 1 fully saturated rings. The van der Waals surface area contributed by atoms with Crippen molar-refractivity contribution in [2.24, 2.45) is 5.92 Å². The minimum Gasteiger partial charge on any atom is -0.330 e. The molecule has 1 aliphatic rings. The van der Waals surface area contributed by atoms with Crippen LogP contribution in [-0.4, -0.2) is 22.9 Å². The maximum absolute atomic E-state index is 12.5. The molecule has 1 aliphatic heterocycles. The van der Waals surface area contributed by atoms with Gasteiger partial charge in [0.05, 0.1) is 18.8 Å². The third-order valence-corrected chi connectivity index (χ3v) is 6.47. The van der Waals surface area contributed by atoms with Crippen molar-refractivity contribution >= 4 is 11.6 Å². The Kier molecular flexibility index (Phi) is 6.53. The van der Waals surface area contributed by atoms with E-state index in [2.05, 4.69) is 35.4 Å². The number of quaternary nitrogens is 1. The molecule has 152 valence electrons. The molecule has 5 heteroatoms. The largest absolute Gasteiger partial charge is 0.330 e. The van der Waals surface area contributed by atoms with Gasteiger partial charge < -0.3 is 4.90 Å². The Hall–Kier alpha value is -2.30. The summed E-state index contributed by atoms with van der Waals surface area (Å²) in [7, 11) is 0. The van der Waals surface area contributed by atoms with Crippen LogP contribution in [0.3, 0.4) is 0 Å². The maximum atomic E-state index is 12.5. The van der Waals surface area contributed by atoms with Gasteiger partial charge >= 0.3 is 0 Å². The molecular formula is C24H29ClN3O+. The van der Waals surface area contributed by atoms with Gasteiger partial charge in [-0.2, -0.15) is 0 Å². The molecular weight excluding hydrogens is 382 g/mol. The highest BCUT2D eigenvalue weighted by atomic mass is 35.5. The van der Waals surface area contributed by atoms with E-state index in [1.165, 1.54) is 42.6 Å². The van der Waals surface area contributed by atoms with E-state index in [0.29, 0.717) is 5.02 Å². The molecule has 4 nitrogen and oxygen atoms in total. The topological polar surface area (TPSA) is 42.2 Å². The van der Waals surface area contributed by atoms with Gasteiger partial charge in [0.1, 0.15) is 17.3 Å². The summed E-state index contributed by atoms with van der Waals surface area (Å²) >= 11 is 6.36. The quantitative estimate of drug-likeness (QED) is 0.613. The number of likely N-dealkylation sites (tertiary alicyclic amines) is 1. The molecule has 0 unspecified atom stereocenters. The summed E-state index contributed by atoms with van der Waals surface area (Å²) in [4.78, 5) is 14.0. The number of aromatic nitrogens is 2. The number of hydrogen-bond acceptors (Lipinski definition) is 1. The van der Waals surface area contributed by atoms with Crippen molar-refractivity contribution in [2.45, 2.75) is 38.6 Å². The van der Waals surface area contributed by atoms with Crippen LogP contribution in [0.15, 0.2) is 65.5 Å². The van der Waals surface area contributed by atoms with Crippen LogP contribution < -0.4 is 10.5 Å². The Balaban J connectivity index is 1.28. The summed E-state index contributed by atoms with van der Waals surface area (Å²) in [5.41, 5.74) is 2.94. The fraction of sp³-hybridized carbons (Fsp3) is 0.375. The zero-order valence-electron chi connectivity index (χ0n) is 16.7. The van der Waals surface area contributed by atoms with Crippen LogP contribution in [0.2, 0.25) is 5.02 Å². The third kappa shape index (κ3) is 5.01. The molecule has 0 aliphatic carbocycles. The van der Waals surface area contributed by atoms with Crippen molar-refractivity contribution in [2.75, 3.05) is 13.1 Å². The van der Waals surface area contributed by atoms with Crippen molar-refractivity contribution in [3.05, 3.63) is 87.3 Å². The first-order chi connectivity index (χ1) is 14.2. The van der Waals surface area contributed by atoms with Crippen LogP contribution in [0.5, 0.6) is 0 Å². The van der Waals surface area contributed by atoms with Gasteiger partial charge in [-0.25, -0.2) is 4.68 Å². The van der Waals surface area contributed by atoms with E-state index in [1.807, 2.05) is 30.3 Å². The fourth-order valence-electron chi connectivity index (χ4n) is 4.38. The average molecular weight is 411 g/mol. The van der Waals surface area contributed by atoms with Gasteiger partial charge in [0.25, 0.3) is 5.56 Å². The van der Waals surface area contributed by atoms with Crippen LogP contribution in [0, 0.1) is 5.92 Å². The minimum absolute atomic E-state index is 0.164. The van der Waals surface area contributed by atoms with E-state index in [4.69, 9.17) is 11.6 Å². The predicted molar refractivity (Wildman–Crippen MR) is 118 cm³/mol. The molecule has 1 saturated heterocycles. The van der Waals surface area contributed by atoms with Gasteiger partial charge in [-0.1, -0.05) is 60.1 Å². The summed E-state index contributed by atoms with van der Waals surface area (Å²) in [6.07, 6.45) is 6.27. The second kappa shape index (κ2) is 9.47. The average Bonchev–Trinajstić information content (AvgIpc) is 3.05. The Bertz CT molecular complexity index is 957. The second-order valence-corrected chi connectivity index (χ2v) is 8.51. The molecule has 0 amide bonds. The Labute approximate surface area is 177 Å². The van der Waals surface area contributed by atoms with Crippen LogP contribution >= 0.6 is 11.6 Å². The summed E-state index contributed by atoms with van der Waals surface area (Å²) in [5, 5.41) is 3.55. The molecule has 3 aromatic rings. The normalized spacial score (nSPS) is 19.3. The molecule has 0 radical (unpaired) electrons. The third-order valence-electron chi connectivity index (χ3n) is 6.08. The molecule has 2 aromatic carbocycles. The van der Waals surface area contributed by atoms with Crippen LogP contribution in [0.4, 0.5) is 0 Å². The lowest BCUT2D eigenvalue weighted by atomic mass is 9.90. The van der Waals surface area contributed by atoms with Crippen LogP contribution in [0.1, 0.15) is 36.9 Å². The standard InChI is InChI=1S/C24H28ClN3O/c25-23-22(26-28(24(23)29)21-12-5-2-6-13-21)18-27-16-14-20(15-17-27)11-7-10-19-8-3-1-4-9-19/h1-6,8-9,12-13,20,26H,7,10-11,14-18H2/p+1. The molecule has 0 saturated carbocycles. The maximum Gasteiger partial charge on any atom is 0.290 e. The Morgan fingerprint density at radius 3 is 2.34 bits per heavy atom. The van der Waals surface area contributed by atoms with E-state index in [1.54, 1.807) is 4.68 Å². The molecule has 1 aromatic heterocycles. The van der Waals surface area contributed by atoms with Crippen molar-refractivity contribution < 1.29 is 4.90 Å². The number of benzene rings is 2. The smallest absolute Gasteiger partial charge is 0.290 e. The van der Waals surface area contributed by atoms with Crippen LogP contribution in [-0.2, 0) is 13.0 Å². The first kappa shape index (κ1) is 20.0. The first-order valence-electron chi connectivity index (χ1n) is 10.6. The van der Waals surface area contributed by atoms with Crippen molar-refractivity contribution in [3.63, 3.8) is 0 Å². The molecule has 2 N–H and O–H groups in total. The predicted octanol–water partition coefficient (Wildman–Crippen LogP) is 3.64. The minimum atomic E-state index is -0.164. The fourth-order valence-corrected chi connectivity index (χ4v) is 4.57. The van der Waals surface area contributed by atoms with Crippen LogP contribution in [0.25, 0.3) is 5.69 Å². The molecule has 0 bridgehead atoms. The van der Waals surface area contributed by atoms with Gasteiger partial charge in [-0.15, -0.1) is 0 Å². The number of rotatable bonds is 7. The number of para-hydroxylation sites is 1. The molecule has 0 spiro atoms. The Morgan fingerprint density at radius 2 is 1.66 bits per heavy atom. The summed E-state index contributed by atoms with van der Waals surface area (Å²) in [5.74, 6) is 0.825. The van der Waals surface area contributed by atoms with Crippen molar-refractivity contribution in [1.82, 2.24) is 9.78 Å². The summed E-state index contributed by atoms with van der Waals surface area (Å²) < 4.78 is 1.55. The van der Waals surface area contributed by atoms with Gasteiger partial charge in [0.15, 0.2) is 0 Å². The van der Waals surface area contributed by atoms with E-state index >= 15 is 0 Å². The highest BCUT2D eigenvalue weighted by molar-refractivity contribution is 6.31. The SMILES string of the molecule is O=c1c(Cl)c(C[NH+]2CCC(CCCc3ccccc3)CC2)[nH]n1-c1ccccc1. The number of H-pyrrole nitrogens is 1. The van der Waals surface area contributed by atoms with Gasteiger partial charge in [0, 0.05) is 0 Å². The lowest BCUT2D eigenvalue weighted by Crippen LogP contribution is -3.11. The number of piperidine rings is 1. The number of nitrogens with one attached hydrogen (secondary N) is 2. The van der Waals surface area contributed by atoms with Crippen molar-refractivity contribution in [1.29, 1.82) is 0 Å². The molecule has 29 heavy (non-hydrogen) atoms. The zero-order valence-corrected chi connectivity index (χ0v) is 17.5. The number of nitrogens with zero attached hydrogens (tertiary/aromatic N) is 1. The molecule has 0 atom stereocenters.